The molecule has 9 nitrogen and oxygen atoms in total. The molecular formula is C24H32N2O7S. The van der Waals surface area contributed by atoms with Gasteiger partial charge in [0.1, 0.15) is 0 Å². The Morgan fingerprint density at radius 1 is 1.03 bits per heavy atom. The first-order valence-electron chi connectivity index (χ1n) is 11.0. The second-order valence-corrected chi connectivity index (χ2v) is 9.66. The molecule has 0 bridgehead atoms. The zero-order valence-corrected chi connectivity index (χ0v) is 21.2. The van der Waals surface area contributed by atoms with Crippen LogP contribution in [0.15, 0.2) is 41.3 Å². The van der Waals surface area contributed by atoms with Gasteiger partial charge in [-0.2, -0.15) is 4.31 Å². The number of esters is 1. The Morgan fingerprint density at radius 3 is 2.29 bits per heavy atom. The van der Waals surface area contributed by atoms with E-state index >= 15 is 0 Å². The van der Waals surface area contributed by atoms with Crippen molar-refractivity contribution < 1.29 is 32.2 Å². The number of hydrogen-bond donors (Lipinski definition) is 1. The number of nitrogens with one attached hydrogen (secondary N) is 1. The molecule has 0 heterocycles. The highest BCUT2D eigenvalue weighted by molar-refractivity contribution is 7.89. The van der Waals surface area contributed by atoms with Crippen LogP contribution in [0.2, 0.25) is 0 Å². The summed E-state index contributed by atoms with van der Waals surface area (Å²) >= 11 is 0. The molecule has 0 saturated carbocycles. The molecule has 186 valence electrons. The topological polar surface area (TPSA) is 111 Å². The number of amides is 1. The second-order valence-electron chi connectivity index (χ2n) is 7.72. The molecule has 1 N–H and O–H groups in total. The molecule has 2 aromatic carbocycles. The van der Waals surface area contributed by atoms with Crippen molar-refractivity contribution in [3.8, 4) is 11.5 Å². The zero-order valence-electron chi connectivity index (χ0n) is 20.4. The Labute approximate surface area is 201 Å². The van der Waals surface area contributed by atoms with Gasteiger partial charge in [0.05, 0.1) is 23.7 Å². The van der Waals surface area contributed by atoms with Crippen LogP contribution < -0.4 is 14.8 Å². The molecule has 0 radical (unpaired) electrons. The summed E-state index contributed by atoms with van der Waals surface area (Å²) in [6, 6.07) is 9.11. The minimum atomic E-state index is -3.68. The molecule has 0 aliphatic carbocycles. The Bertz CT molecular complexity index is 1130. The van der Waals surface area contributed by atoms with E-state index in [4.69, 9.17) is 14.2 Å². The number of ether oxygens (including phenoxy) is 3. The van der Waals surface area contributed by atoms with Gasteiger partial charge < -0.3 is 19.5 Å². The lowest BCUT2D eigenvalue weighted by atomic mass is 10.2. The number of rotatable bonds is 11. The monoisotopic (exact) mass is 492 g/mol. The Balaban J connectivity index is 2.09. The highest BCUT2D eigenvalue weighted by Gasteiger charge is 2.23. The first-order chi connectivity index (χ1) is 16.0. The normalized spacial score (nSPS) is 11.4. The zero-order chi connectivity index (χ0) is 25.5. The summed E-state index contributed by atoms with van der Waals surface area (Å²) in [5.74, 6) is -0.448. The highest BCUT2D eigenvalue weighted by Crippen LogP contribution is 2.29. The van der Waals surface area contributed by atoms with Crippen molar-refractivity contribution in [1.29, 1.82) is 0 Å². The van der Waals surface area contributed by atoms with E-state index in [1.807, 2.05) is 13.8 Å². The van der Waals surface area contributed by atoms with Crippen molar-refractivity contribution in [1.82, 2.24) is 4.31 Å². The number of methoxy groups -OCH3 is 1. The fourth-order valence-electron chi connectivity index (χ4n) is 3.16. The average Bonchev–Trinajstić information content (AvgIpc) is 2.79. The first kappa shape index (κ1) is 27.1. The molecule has 34 heavy (non-hydrogen) atoms. The van der Waals surface area contributed by atoms with Crippen LogP contribution in [0.3, 0.4) is 0 Å². The van der Waals surface area contributed by atoms with Gasteiger partial charge in [-0.1, -0.05) is 19.9 Å². The molecule has 0 spiro atoms. The fourth-order valence-corrected chi connectivity index (χ4v) is 4.64. The van der Waals surface area contributed by atoms with Gasteiger partial charge in [-0.25, -0.2) is 13.2 Å². The van der Waals surface area contributed by atoms with Crippen LogP contribution in [0, 0.1) is 6.92 Å². The molecule has 10 heteroatoms. The molecule has 0 aliphatic heterocycles. The van der Waals surface area contributed by atoms with Gasteiger partial charge in [-0.15, -0.1) is 0 Å². The van der Waals surface area contributed by atoms with Gasteiger partial charge in [0, 0.05) is 18.8 Å². The summed E-state index contributed by atoms with van der Waals surface area (Å²) in [5.41, 5.74) is 1.19. The fraction of sp³-hybridized carbons (Fsp3) is 0.417. The lowest BCUT2D eigenvalue weighted by Gasteiger charge is -2.19. The van der Waals surface area contributed by atoms with Crippen LogP contribution in [0.5, 0.6) is 11.5 Å². The largest absolute Gasteiger partial charge is 0.493 e. The smallest absolute Gasteiger partial charge is 0.338 e. The van der Waals surface area contributed by atoms with Gasteiger partial charge in [0.2, 0.25) is 10.0 Å². The number of hydrogen-bond acceptors (Lipinski definition) is 7. The quantitative estimate of drug-likeness (QED) is 0.477. The average molecular weight is 493 g/mol. The molecule has 0 atom stereocenters. The predicted octanol–water partition coefficient (Wildman–Crippen LogP) is 3.62. The molecule has 0 aliphatic rings. The van der Waals surface area contributed by atoms with E-state index in [2.05, 4.69) is 5.32 Å². The minimum absolute atomic E-state index is 0.0700. The molecule has 1 amide bonds. The van der Waals surface area contributed by atoms with Crippen molar-refractivity contribution in [2.75, 3.05) is 32.1 Å². The van der Waals surface area contributed by atoms with Crippen LogP contribution in [0.1, 0.15) is 43.6 Å². The number of aryl methyl sites for hydroxylation is 1. The molecule has 0 fully saturated rings. The third-order valence-corrected chi connectivity index (χ3v) is 6.97. The van der Waals surface area contributed by atoms with Crippen LogP contribution in [-0.4, -0.2) is 57.5 Å². The summed E-state index contributed by atoms with van der Waals surface area (Å²) < 4.78 is 42.9. The summed E-state index contributed by atoms with van der Waals surface area (Å²) in [6.07, 6.45) is -0.0700. The van der Waals surface area contributed by atoms with Crippen LogP contribution >= 0.6 is 0 Å². The maximum absolute atomic E-state index is 12.8. The number of carbonyl (C=O) groups excluding carboxylic acids is 2. The number of carbonyl (C=O) groups is 2. The van der Waals surface area contributed by atoms with Crippen molar-refractivity contribution in [2.45, 2.75) is 45.6 Å². The number of benzene rings is 2. The van der Waals surface area contributed by atoms with Gasteiger partial charge in [0.15, 0.2) is 18.1 Å². The SMILES string of the molecule is CCN(CC)S(=O)(=O)c1ccc(C)c(NC(=O)COC(=O)c2ccc(OC(C)C)c(OC)c2)c1. The van der Waals surface area contributed by atoms with Crippen molar-refractivity contribution >= 4 is 27.6 Å². The van der Waals surface area contributed by atoms with Crippen molar-refractivity contribution in [2.24, 2.45) is 0 Å². The minimum Gasteiger partial charge on any atom is -0.493 e. The lowest BCUT2D eigenvalue weighted by Crippen LogP contribution is -2.30. The summed E-state index contributed by atoms with van der Waals surface area (Å²) in [6.45, 7) is 9.12. The molecule has 0 unspecified atom stereocenters. The third-order valence-electron chi connectivity index (χ3n) is 4.92. The van der Waals surface area contributed by atoms with Crippen molar-refractivity contribution in [3.05, 3.63) is 47.5 Å². The van der Waals surface area contributed by atoms with E-state index in [1.165, 1.54) is 35.7 Å². The van der Waals surface area contributed by atoms with Gasteiger partial charge in [-0.05, 0) is 56.7 Å². The second kappa shape index (κ2) is 11.8. The van der Waals surface area contributed by atoms with Gasteiger partial charge in [0.25, 0.3) is 5.91 Å². The number of nitrogens with zero attached hydrogens (tertiary/aromatic N) is 1. The number of sulfonamides is 1. The molecule has 2 rings (SSSR count). The van der Waals surface area contributed by atoms with Crippen LogP contribution in [0.25, 0.3) is 0 Å². The molecule has 0 saturated heterocycles. The predicted molar refractivity (Wildman–Crippen MR) is 129 cm³/mol. The molecular weight excluding hydrogens is 460 g/mol. The molecule has 0 aromatic heterocycles. The van der Waals surface area contributed by atoms with E-state index in [0.717, 1.165) is 0 Å². The Hall–Kier alpha value is -3.11. The number of anilines is 1. The van der Waals surface area contributed by atoms with E-state index in [9.17, 15) is 18.0 Å². The Kier molecular flexibility index (Phi) is 9.46. The molecule has 2 aromatic rings. The van der Waals surface area contributed by atoms with Crippen LogP contribution in [-0.2, 0) is 19.6 Å². The van der Waals surface area contributed by atoms with E-state index < -0.39 is 28.5 Å². The maximum atomic E-state index is 12.8. The van der Waals surface area contributed by atoms with Crippen LogP contribution in [0.4, 0.5) is 5.69 Å². The maximum Gasteiger partial charge on any atom is 0.338 e. The summed E-state index contributed by atoms with van der Waals surface area (Å²) in [4.78, 5) is 24.9. The third kappa shape index (κ3) is 6.71. The lowest BCUT2D eigenvalue weighted by molar-refractivity contribution is -0.119. The standard InChI is InChI=1S/C24H32N2O7S/c1-7-26(8-2)34(29,30)19-11-9-17(5)20(14-19)25-23(27)15-32-24(28)18-10-12-21(33-16(3)4)22(13-18)31-6/h9-14,16H,7-8,15H2,1-6H3,(H,25,27). The summed E-state index contributed by atoms with van der Waals surface area (Å²) in [5, 5.41) is 2.61. The first-order valence-corrected chi connectivity index (χ1v) is 12.4. The van der Waals surface area contributed by atoms with Crippen molar-refractivity contribution in [3.63, 3.8) is 0 Å². The highest BCUT2D eigenvalue weighted by atomic mass is 32.2. The van der Waals surface area contributed by atoms with E-state index in [-0.39, 0.29) is 16.6 Å². The van der Waals surface area contributed by atoms with E-state index in [0.29, 0.717) is 35.8 Å². The van der Waals surface area contributed by atoms with Gasteiger partial charge >= 0.3 is 5.97 Å². The summed E-state index contributed by atoms with van der Waals surface area (Å²) in [7, 11) is -2.22. The van der Waals surface area contributed by atoms with Gasteiger partial charge in [-0.3, -0.25) is 4.79 Å². The van der Waals surface area contributed by atoms with E-state index in [1.54, 1.807) is 32.9 Å². The Morgan fingerprint density at radius 2 is 1.71 bits per heavy atom.